The number of rotatable bonds is 9. The molecule has 2 aromatic carbocycles. The van der Waals surface area contributed by atoms with E-state index in [1.165, 1.54) is 39.7 Å². The number of benzene rings is 2. The molecule has 0 heterocycles. The van der Waals surface area contributed by atoms with E-state index >= 15 is 0 Å². The summed E-state index contributed by atoms with van der Waals surface area (Å²) in [5.41, 5.74) is 0. The second-order valence-electron chi connectivity index (χ2n) is 4.76. The van der Waals surface area contributed by atoms with Crippen LogP contribution >= 0.6 is 34.4 Å². The van der Waals surface area contributed by atoms with E-state index in [9.17, 15) is 0 Å². The van der Waals surface area contributed by atoms with Crippen molar-refractivity contribution in [3.8, 4) is 5.75 Å². The number of hydrogen-bond acceptors (Lipinski definition) is 3. The first-order chi connectivity index (χ1) is 10.4. The van der Waals surface area contributed by atoms with Crippen LogP contribution in [-0.4, -0.2) is 24.1 Å². The molecule has 4 heteroatoms. The maximum absolute atomic E-state index is 5.65. The monoisotopic (exact) mass is 416 g/mol. The lowest BCUT2D eigenvalue weighted by molar-refractivity contribution is 0.0522. The summed E-state index contributed by atoms with van der Waals surface area (Å²) < 4.78 is 11.9. The van der Waals surface area contributed by atoms with Gasteiger partial charge >= 0.3 is 0 Å². The molecule has 0 saturated carbocycles. The Labute approximate surface area is 144 Å². The lowest BCUT2D eigenvalue weighted by Gasteiger charge is -2.11. The van der Waals surface area contributed by atoms with Gasteiger partial charge in [-0.05, 0) is 40.5 Å². The zero-order chi connectivity index (χ0) is 14.9. The lowest BCUT2D eigenvalue weighted by Crippen LogP contribution is -1.99. The van der Waals surface area contributed by atoms with Crippen LogP contribution in [0.25, 0.3) is 10.8 Å². The average molecular weight is 416 g/mol. The summed E-state index contributed by atoms with van der Waals surface area (Å²) in [6.07, 6.45) is 3.93. The van der Waals surface area contributed by atoms with Crippen LogP contribution in [0, 0.1) is 0 Å². The number of thioether (sulfide) groups is 1. The van der Waals surface area contributed by atoms with Gasteiger partial charge in [-0.25, -0.2) is 0 Å². The van der Waals surface area contributed by atoms with Crippen LogP contribution in [0.5, 0.6) is 5.75 Å². The highest BCUT2D eigenvalue weighted by molar-refractivity contribution is 14.1. The van der Waals surface area contributed by atoms with Gasteiger partial charge < -0.3 is 9.47 Å². The lowest BCUT2D eigenvalue weighted by atomic mass is 10.1. The third-order valence-electron chi connectivity index (χ3n) is 3.21. The zero-order valence-corrected chi connectivity index (χ0v) is 15.3. The Balaban J connectivity index is 2.10. The molecular formula is C17H21IO2S. The van der Waals surface area contributed by atoms with Gasteiger partial charge in [0.1, 0.15) is 5.75 Å². The normalized spacial score (nSPS) is 11.0. The fraction of sp³-hybridized carbons (Fsp3) is 0.412. The molecule has 0 unspecified atom stereocenters. The van der Waals surface area contributed by atoms with Crippen molar-refractivity contribution in [2.75, 3.05) is 24.1 Å². The second-order valence-corrected chi connectivity index (χ2v) is 6.97. The first kappa shape index (κ1) is 16.9. The third-order valence-corrected chi connectivity index (χ3v) is 5.13. The van der Waals surface area contributed by atoms with Gasteiger partial charge in [-0.1, -0.05) is 53.3 Å². The quantitative estimate of drug-likeness (QED) is 0.176. The first-order valence-electron chi connectivity index (χ1n) is 7.19. The summed E-state index contributed by atoms with van der Waals surface area (Å²) in [5, 5.41) is 2.43. The van der Waals surface area contributed by atoms with Crippen molar-refractivity contribution in [1.82, 2.24) is 0 Å². The van der Waals surface area contributed by atoms with E-state index in [1.807, 2.05) is 11.8 Å². The number of fused-ring (bicyclic) bond motifs is 1. The number of methoxy groups -OCH3 is 1. The highest BCUT2D eigenvalue weighted by atomic mass is 127. The molecule has 0 radical (unpaired) electrons. The Morgan fingerprint density at radius 2 is 1.81 bits per heavy atom. The Kier molecular flexibility index (Phi) is 7.68. The predicted octanol–water partition coefficient (Wildman–Crippen LogP) is 5.52. The van der Waals surface area contributed by atoms with Crippen LogP contribution in [0.4, 0.5) is 0 Å². The van der Waals surface area contributed by atoms with Gasteiger partial charge in [0, 0.05) is 17.4 Å². The summed E-state index contributed by atoms with van der Waals surface area (Å²) in [4.78, 5) is 1.34. The maximum atomic E-state index is 5.65. The third kappa shape index (κ3) is 5.04. The van der Waals surface area contributed by atoms with Crippen molar-refractivity contribution in [3.63, 3.8) is 0 Å². The second kappa shape index (κ2) is 9.54. The highest BCUT2D eigenvalue weighted by Crippen LogP contribution is 2.34. The summed E-state index contributed by atoms with van der Waals surface area (Å²) in [6, 6.07) is 12.6. The molecule has 2 aromatic rings. The molecule has 0 aliphatic heterocycles. The van der Waals surface area contributed by atoms with Crippen LogP contribution in [0.2, 0.25) is 0 Å². The average Bonchev–Trinajstić information content (AvgIpc) is 2.53. The van der Waals surface area contributed by atoms with Crippen molar-refractivity contribution >= 4 is 45.1 Å². The van der Waals surface area contributed by atoms with Crippen molar-refractivity contribution in [2.45, 2.75) is 24.2 Å². The minimum Gasteiger partial charge on any atom is -0.467 e. The van der Waals surface area contributed by atoms with Gasteiger partial charge in [0.25, 0.3) is 0 Å². The highest BCUT2D eigenvalue weighted by Gasteiger charge is 2.07. The maximum Gasteiger partial charge on any atom is 0.188 e. The molecule has 0 atom stereocenters. The molecule has 0 amide bonds. The number of alkyl halides is 1. The van der Waals surface area contributed by atoms with Crippen LogP contribution in [-0.2, 0) is 4.74 Å². The van der Waals surface area contributed by atoms with Crippen molar-refractivity contribution in [3.05, 3.63) is 36.4 Å². The van der Waals surface area contributed by atoms with Crippen LogP contribution in [0.15, 0.2) is 41.3 Å². The van der Waals surface area contributed by atoms with Crippen molar-refractivity contribution < 1.29 is 9.47 Å². The largest absolute Gasteiger partial charge is 0.467 e. The molecule has 0 aromatic heterocycles. The van der Waals surface area contributed by atoms with Gasteiger partial charge in [0.2, 0.25) is 0 Å². The van der Waals surface area contributed by atoms with Gasteiger partial charge in [-0.3, -0.25) is 0 Å². The topological polar surface area (TPSA) is 18.5 Å². The zero-order valence-electron chi connectivity index (χ0n) is 12.3. The summed E-state index contributed by atoms with van der Waals surface area (Å²) in [6.45, 7) is 0.285. The van der Waals surface area contributed by atoms with E-state index in [2.05, 4.69) is 59.0 Å². The molecule has 2 rings (SSSR count). The minimum atomic E-state index is 0.285. The van der Waals surface area contributed by atoms with Crippen LogP contribution in [0.1, 0.15) is 19.3 Å². The minimum absolute atomic E-state index is 0.285. The molecular weight excluding hydrogens is 395 g/mol. The molecule has 0 spiro atoms. The van der Waals surface area contributed by atoms with E-state index in [-0.39, 0.29) is 6.79 Å². The fourth-order valence-corrected chi connectivity index (χ4v) is 3.78. The van der Waals surface area contributed by atoms with Crippen LogP contribution in [0.3, 0.4) is 0 Å². The SMILES string of the molecule is COCOc1ccc(SCCCCCI)c2ccccc12. The molecule has 21 heavy (non-hydrogen) atoms. The molecule has 2 nitrogen and oxygen atoms in total. The molecule has 0 saturated heterocycles. The molecule has 0 N–H and O–H groups in total. The van der Waals surface area contributed by atoms with E-state index in [0.717, 1.165) is 11.1 Å². The fourth-order valence-electron chi connectivity index (χ4n) is 2.17. The molecule has 0 aliphatic rings. The van der Waals surface area contributed by atoms with Crippen molar-refractivity contribution in [1.29, 1.82) is 0 Å². The van der Waals surface area contributed by atoms with E-state index in [1.54, 1.807) is 7.11 Å². The Hall–Kier alpha value is -0.460. The van der Waals surface area contributed by atoms with Crippen molar-refractivity contribution in [2.24, 2.45) is 0 Å². The number of halogens is 1. The van der Waals surface area contributed by atoms with E-state index in [0.29, 0.717) is 0 Å². The van der Waals surface area contributed by atoms with Gasteiger partial charge in [-0.2, -0.15) is 0 Å². The first-order valence-corrected chi connectivity index (χ1v) is 9.70. The number of ether oxygens (including phenoxy) is 2. The molecule has 0 aliphatic carbocycles. The standard InChI is InChI=1S/C17H21IO2S/c1-19-13-20-16-9-10-17(21-12-6-2-5-11-18)15-8-4-3-7-14(15)16/h3-4,7-10H,2,5-6,11-13H2,1H3. The number of hydrogen-bond donors (Lipinski definition) is 0. The van der Waals surface area contributed by atoms with E-state index in [4.69, 9.17) is 9.47 Å². The van der Waals surface area contributed by atoms with Gasteiger partial charge in [-0.15, -0.1) is 11.8 Å². The van der Waals surface area contributed by atoms with Gasteiger partial charge in [0.15, 0.2) is 6.79 Å². The predicted molar refractivity (Wildman–Crippen MR) is 99.9 cm³/mol. The molecule has 0 fully saturated rings. The van der Waals surface area contributed by atoms with Gasteiger partial charge in [0.05, 0.1) is 0 Å². The summed E-state index contributed by atoms with van der Waals surface area (Å²) in [5.74, 6) is 2.07. The number of unbranched alkanes of at least 4 members (excludes halogenated alkanes) is 2. The Morgan fingerprint density at radius 3 is 2.57 bits per heavy atom. The molecule has 114 valence electrons. The van der Waals surface area contributed by atoms with Crippen LogP contribution < -0.4 is 4.74 Å². The summed E-state index contributed by atoms with van der Waals surface area (Å²) in [7, 11) is 1.64. The molecule has 0 bridgehead atoms. The Bertz CT molecular complexity index is 559. The van der Waals surface area contributed by atoms with E-state index < -0.39 is 0 Å². The Morgan fingerprint density at radius 1 is 1.00 bits per heavy atom. The summed E-state index contributed by atoms with van der Waals surface area (Å²) >= 11 is 4.39. The smallest absolute Gasteiger partial charge is 0.188 e.